The van der Waals surface area contributed by atoms with Crippen molar-refractivity contribution in [2.45, 2.75) is 26.4 Å². The molecule has 3 N–H and O–H groups in total. The average Bonchev–Trinajstić information content (AvgIpc) is 2.24. The highest BCUT2D eigenvalue weighted by atomic mass is 16.7. The van der Waals surface area contributed by atoms with Crippen LogP contribution in [0.1, 0.15) is 31.1 Å². The molecule has 5 heteroatoms. The second-order valence-electron chi connectivity index (χ2n) is 4.60. The van der Waals surface area contributed by atoms with Crippen LogP contribution in [-0.2, 0) is 4.84 Å². The fraction of sp³-hybridized carbons (Fsp3) is 0.417. The van der Waals surface area contributed by atoms with Crippen LogP contribution < -0.4 is 16.0 Å². The maximum absolute atomic E-state index is 11.8. The number of carbonyl (C=O) groups excluding carboxylic acids is 1. The van der Waals surface area contributed by atoms with E-state index in [1.165, 1.54) is 7.11 Å². The Hall–Kier alpha value is -1.75. The lowest BCUT2D eigenvalue weighted by Crippen LogP contribution is -2.33. The van der Waals surface area contributed by atoms with Crippen molar-refractivity contribution in [1.29, 1.82) is 0 Å². The molecule has 0 saturated heterocycles. The van der Waals surface area contributed by atoms with Gasteiger partial charge in [0.05, 0.1) is 18.3 Å². The predicted octanol–water partition coefficient (Wildman–Crippen LogP) is 1.74. The number of benzene rings is 1. The van der Waals surface area contributed by atoms with Crippen LogP contribution in [0.3, 0.4) is 0 Å². The predicted molar refractivity (Wildman–Crippen MR) is 65.7 cm³/mol. The number of hydrogen-bond acceptors (Lipinski definition) is 4. The molecule has 0 saturated carbocycles. The fourth-order valence-electron chi connectivity index (χ4n) is 1.13. The number of rotatable bonds is 3. The van der Waals surface area contributed by atoms with E-state index in [-0.39, 0.29) is 5.91 Å². The average molecular weight is 238 g/mol. The standard InChI is InChI=1S/C12H18N2O3/c1-12(2,3)17-14-11(15)9-6-5-8(16-4)7-10(9)13/h5-7H,13H2,1-4H3,(H,14,15). The number of methoxy groups -OCH3 is 1. The van der Waals surface area contributed by atoms with E-state index < -0.39 is 5.60 Å². The first-order valence-corrected chi connectivity index (χ1v) is 5.25. The molecule has 0 radical (unpaired) electrons. The number of nitrogens with one attached hydrogen (secondary N) is 1. The normalized spacial score (nSPS) is 11.1. The smallest absolute Gasteiger partial charge is 0.276 e. The van der Waals surface area contributed by atoms with Gasteiger partial charge < -0.3 is 10.5 Å². The Bertz CT molecular complexity index is 411. The molecule has 0 spiro atoms. The van der Waals surface area contributed by atoms with Gasteiger partial charge in [-0.05, 0) is 32.9 Å². The van der Waals surface area contributed by atoms with Gasteiger partial charge in [-0.3, -0.25) is 9.63 Å². The maximum atomic E-state index is 11.8. The van der Waals surface area contributed by atoms with E-state index in [0.29, 0.717) is 17.0 Å². The quantitative estimate of drug-likeness (QED) is 0.621. The molecule has 0 atom stereocenters. The molecule has 1 aromatic carbocycles. The SMILES string of the molecule is COc1ccc(C(=O)NOC(C)(C)C)c(N)c1. The van der Waals surface area contributed by atoms with Crippen molar-refractivity contribution in [2.24, 2.45) is 0 Å². The Labute approximate surface area is 101 Å². The number of nitrogens with two attached hydrogens (primary N) is 1. The zero-order chi connectivity index (χ0) is 13.1. The summed E-state index contributed by atoms with van der Waals surface area (Å²) < 4.78 is 5.00. The Morgan fingerprint density at radius 2 is 2.00 bits per heavy atom. The Morgan fingerprint density at radius 3 is 2.47 bits per heavy atom. The van der Waals surface area contributed by atoms with Crippen LogP contribution in [0.4, 0.5) is 5.69 Å². The highest BCUT2D eigenvalue weighted by Gasteiger charge is 2.15. The van der Waals surface area contributed by atoms with E-state index in [2.05, 4.69) is 5.48 Å². The van der Waals surface area contributed by atoms with Gasteiger partial charge >= 0.3 is 0 Å². The van der Waals surface area contributed by atoms with Crippen molar-refractivity contribution in [3.05, 3.63) is 23.8 Å². The van der Waals surface area contributed by atoms with Crippen LogP contribution in [0.15, 0.2) is 18.2 Å². The minimum atomic E-state index is -0.448. The molecule has 1 amide bonds. The van der Waals surface area contributed by atoms with E-state index in [9.17, 15) is 4.79 Å². The first-order valence-electron chi connectivity index (χ1n) is 5.25. The molecule has 0 aliphatic carbocycles. The van der Waals surface area contributed by atoms with Gasteiger partial charge in [-0.1, -0.05) is 0 Å². The van der Waals surface area contributed by atoms with Crippen molar-refractivity contribution in [3.63, 3.8) is 0 Å². The van der Waals surface area contributed by atoms with Crippen molar-refractivity contribution in [3.8, 4) is 5.75 Å². The summed E-state index contributed by atoms with van der Waals surface area (Å²) in [7, 11) is 1.54. The molecular formula is C12H18N2O3. The number of anilines is 1. The van der Waals surface area contributed by atoms with Crippen molar-refractivity contribution in [1.82, 2.24) is 5.48 Å². The minimum absolute atomic E-state index is 0.347. The molecule has 0 aromatic heterocycles. The lowest BCUT2D eigenvalue weighted by Gasteiger charge is -2.19. The summed E-state index contributed by atoms with van der Waals surface area (Å²) in [5, 5.41) is 0. The third-order valence-corrected chi connectivity index (χ3v) is 1.95. The summed E-state index contributed by atoms with van der Waals surface area (Å²) in [6.45, 7) is 5.51. The number of ether oxygens (including phenoxy) is 1. The summed E-state index contributed by atoms with van der Waals surface area (Å²) in [5.41, 5.74) is 8.35. The van der Waals surface area contributed by atoms with Gasteiger partial charge in [0.2, 0.25) is 0 Å². The van der Waals surface area contributed by atoms with Gasteiger partial charge in [-0.2, -0.15) is 0 Å². The summed E-state index contributed by atoms with van der Waals surface area (Å²) in [6.07, 6.45) is 0. The third-order valence-electron chi connectivity index (χ3n) is 1.95. The summed E-state index contributed by atoms with van der Waals surface area (Å²) in [5.74, 6) is 0.232. The molecule has 1 rings (SSSR count). The van der Waals surface area contributed by atoms with Crippen LogP contribution in [0, 0.1) is 0 Å². The van der Waals surface area contributed by atoms with Crippen molar-refractivity contribution >= 4 is 11.6 Å². The van der Waals surface area contributed by atoms with Crippen molar-refractivity contribution in [2.75, 3.05) is 12.8 Å². The van der Waals surface area contributed by atoms with Gasteiger partial charge in [0.1, 0.15) is 5.75 Å². The van der Waals surface area contributed by atoms with Crippen LogP contribution in [0.5, 0.6) is 5.75 Å². The van der Waals surface area contributed by atoms with Gasteiger partial charge in [0.25, 0.3) is 5.91 Å². The first-order chi connectivity index (χ1) is 7.83. The van der Waals surface area contributed by atoms with Gasteiger partial charge in [0.15, 0.2) is 0 Å². The zero-order valence-electron chi connectivity index (χ0n) is 10.5. The third kappa shape index (κ3) is 3.96. The highest BCUT2D eigenvalue weighted by molar-refractivity contribution is 5.98. The number of nitrogen functional groups attached to an aromatic ring is 1. The molecule has 1 aromatic rings. The molecule has 0 aliphatic rings. The van der Waals surface area contributed by atoms with Crippen molar-refractivity contribution < 1.29 is 14.4 Å². The van der Waals surface area contributed by atoms with E-state index in [4.69, 9.17) is 15.3 Å². The zero-order valence-corrected chi connectivity index (χ0v) is 10.5. The summed E-state index contributed by atoms with van der Waals surface area (Å²) in [6, 6.07) is 4.85. The van der Waals surface area contributed by atoms with Gasteiger partial charge in [0, 0.05) is 11.8 Å². The lowest BCUT2D eigenvalue weighted by atomic mass is 10.1. The molecule has 0 bridgehead atoms. The molecule has 0 aliphatic heterocycles. The number of amides is 1. The Balaban J connectivity index is 2.76. The first kappa shape index (κ1) is 13.3. The van der Waals surface area contributed by atoms with Crippen LogP contribution in [0.25, 0.3) is 0 Å². The van der Waals surface area contributed by atoms with E-state index in [1.807, 2.05) is 20.8 Å². The van der Waals surface area contributed by atoms with E-state index >= 15 is 0 Å². The minimum Gasteiger partial charge on any atom is -0.497 e. The van der Waals surface area contributed by atoms with Crippen LogP contribution in [0.2, 0.25) is 0 Å². The number of carbonyl (C=O) groups is 1. The second kappa shape index (κ2) is 5.05. The molecule has 94 valence electrons. The Morgan fingerprint density at radius 1 is 1.35 bits per heavy atom. The molecule has 5 nitrogen and oxygen atoms in total. The highest BCUT2D eigenvalue weighted by Crippen LogP contribution is 2.19. The largest absolute Gasteiger partial charge is 0.497 e. The number of hydrogen-bond donors (Lipinski definition) is 2. The van der Waals surface area contributed by atoms with E-state index in [1.54, 1.807) is 18.2 Å². The molecule has 17 heavy (non-hydrogen) atoms. The summed E-state index contributed by atoms with van der Waals surface area (Å²) >= 11 is 0. The Kier molecular flexibility index (Phi) is 3.96. The molecule has 0 heterocycles. The fourth-order valence-corrected chi connectivity index (χ4v) is 1.13. The topological polar surface area (TPSA) is 73.6 Å². The second-order valence-corrected chi connectivity index (χ2v) is 4.60. The van der Waals surface area contributed by atoms with E-state index in [0.717, 1.165) is 0 Å². The van der Waals surface area contributed by atoms with Gasteiger partial charge in [-0.25, -0.2) is 5.48 Å². The van der Waals surface area contributed by atoms with Gasteiger partial charge in [-0.15, -0.1) is 0 Å². The molecular weight excluding hydrogens is 220 g/mol. The van der Waals surface area contributed by atoms with Crippen LogP contribution >= 0.6 is 0 Å². The maximum Gasteiger partial charge on any atom is 0.276 e. The van der Waals surface area contributed by atoms with Crippen LogP contribution in [-0.4, -0.2) is 18.6 Å². The lowest BCUT2D eigenvalue weighted by molar-refractivity contribution is -0.0589. The monoisotopic (exact) mass is 238 g/mol. The molecule has 0 unspecified atom stereocenters. The summed E-state index contributed by atoms with van der Waals surface area (Å²) in [4.78, 5) is 16.9. The molecule has 0 fully saturated rings. The number of hydroxylamine groups is 1.